The van der Waals surface area contributed by atoms with E-state index in [9.17, 15) is 29.1 Å². The van der Waals surface area contributed by atoms with Gasteiger partial charge < -0.3 is 61.6 Å². The molecule has 6 atom stereocenters. The van der Waals surface area contributed by atoms with E-state index in [2.05, 4.69) is 25.8 Å². The van der Waals surface area contributed by atoms with Gasteiger partial charge in [0.15, 0.2) is 23.6 Å². The van der Waals surface area contributed by atoms with Crippen LogP contribution in [-0.4, -0.2) is 132 Å². The Morgan fingerprint density at radius 1 is 1.13 bits per heavy atom. The smallest absolute Gasteiger partial charge is 0.415 e. The summed E-state index contributed by atoms with van der Waals surface area (Å²) in [6, 6.07) is 2.31. The van der Waals surface area contributed by atoms with Crippen LogP contribution < -0.4 is 36.9 Å². The van der Waals surface area contributed by atoms with Gasteiger partial charge in [-0.05, 0) is 76.2 Å². The number of carbonyl (C=O) groups is 5. The zero-order chi connectivity index (χ0) is 38.8. The molecule has 0 aromatic heterocycles. The Labute approximate surface area is 312 Å². The van der Waals surface area contributed by atoms with E-state index in [0.29, 0.717) is 49.5 Å². The summed E-state index contributed by atoms with van der Waals surface area (Å²) >= 11 is 0. The van der Waals surface area contributed by atoms with E-state index in [0.717, 1.165) is 30.5 Å². The Balaban J connectivity index is 1.14. The van der Waals surface area contributed by atoms with Gasteiger partial charge in [0.2, 0.25) is 17.7 Å². The number of piperidine rings is 2. The monoisotopic (exact) mass is 754 g/mol. The fourth-order valence-electron chi connectivity index (χ4n) is 8.94. The van der Waals surface area contributed by atoms with Gasteiger partial charge in [0.25, 0.3) is 0 Å². The van der Waals surface area contributed by atoms with E-state index in [1.54, 1.807) is 18.1 Å². The molecule has 1 aromatic rings. The van der Waals surface area contributed by atoms with E-state index in [1.165, 1.54) is 0 Å². The summed E-state index contributed by atoms with van der Waals surface area (Å²) in [7, 11) is 3.60. The summed E-state index contributed by atoms with van der Waals surface area (Å²) in [5.41, 5.74) is 10.9. The predicted octanol–water partition coefficient (Wildman–Crippen LogP) is -0.790. The van der Waals surface area contributed by atoms with Crippen LogP contribution in [0.3, 0.4) is 0 Å². The first kappa shape index (κ1) is 38.6. The number of carbonyl (C=O) groups excluding carboxylic acids is 4. The van der Waals surface area contributed by atoms with Crippen LogP contribution in [0.1, 0.15) is 62.5 Å². The number of hydrogen-bond acceptors (Lipinski definition) is 11. The van der Waals surface area contributed by atoms with Crippen LogP contribution in [0.15, 0.2) is 29.0 Å². The number of nitrogens with zero attached hydrogens (tertiary/aromatic N) is 3. The van der Waals surface area contributed by atoms with Gasteiger partial charge in [-0.15, -0.1) is 0 Å². The Morgan fingerprint density at radius 2 is 1.93 bits per heavy atom. The third-order valence-corrected chi connectivity index (χ3v) is 11.5. The summed E-state index contributed by atoms with van der Waals surface area (Å²) in [6.07, 6.45) is 3.81. The van der Waals surface area contributed by atoms with E-state index < -0.39 is 72.0 Å². The molecule has 5 aliphatic rings. The normalized spacial score (nSPS) is 26.9. The van der Waals surface area contributed by atoms with Crippen molar-refractivity contribution in [1.82, 2.24) is 25.8 Å². The van der Waals surface area contributed by atoms with Crippen molar-refractivity contribution < 1.29 is 48.4 Å². The van der Waals surface area contributed by atoms with Crippen LogP contribution in [0, 0.1) is 0 Å². The second-order valence-corrected chi connectivity index (χ2v) is 14.7. The highest BCUT2D eigenvalue weighted by Crippen LogP contribution is 2.65. The Morgan fingerprint density at radius 3 is 2.67 bits per heavy atom. The van der Waals surface area contributed by atoms with Crippen molar-refractivity contribution in [2.45, 2.75) is 93.0 Å². The Kier molecular flexibility index (Phi) is 11.2. The molecule has 2 aliphatic carbocycles. The molecule has 9 N–H and O–H groups in total. The maximum absolute atomic E-state index is 14.0. The number of likely N-dealkylation sites (N-methyl/N-ethyl adjacent to an activating group) is 1. The van der Waals surface area contributed by atoms with Crippen LogP contribution >= 0.6 is 0 Å². The van der Waals surface area contributed by atoms with Crippen molar-refractivity contribution in [3.63, 3.8) is 0 Å². The molecular weight excluding hydrogens is 704 g/mol. The molecule has 1 spiro atoms. The number of ether oxygens (including phenoxy) is 3. The number of rotatable bonds is 14. The second kappa shape index (κ2) is 15.7. The summed E-state index contributed by atoms with van der Waals surface area (Å²) in [5, 5.41) is 28.9. The number of nitrogens with one attached hydrogen (secondary N) is 3. The average molecular weight is 755 g/mol. The first-order valence-corrected chi connectivity index (χ1v) is 18.4. The first-order chi connectivity index (χ1) is 25.8. The number of hydrogen-bond donors (Lipinski definition) is 7. The zero-order valence-electron chi connectivity index (χ0n) is 30.6. The van der Waals surface area contributed by atoms with Crippen LogP contribution in [-0.2, 0) is 35.8 Å². The molecule has 3 aliphatic heterocycles. The molecule has 2 saturated heterocycles. The minimum atomic E-state index is -1.34. The topological polar surface area (TPSA) is 260 Å². The van der Waals surface area contributed by atoms with Gasteiger partial charge in [-0.3, -0.25) is 24.2 Å². The number of likely N-dealkylation sites (tertiary alicyclic amines) is 2. The lowest BCUT2D eigenvalue weighted by Crippen LogP contribution is -2.74. The number of benzene rings is 1. The number of carboxylic acids is 1. The highest BCUT2D eigenvalue weighted by molar-refractivity contribution is 5.95. The van der Waals surface area contributed by atoms with Crippen molar-refractivity contribution in [3.05, 3.63) is 35.1 Å². The largest absolute Gasteiger partial charge is 0.493 e. The maximum Gasteiger partial charge on any atom is 0.415 e. The summed E-state index contributed by atoms with van der Waals surface area (Å²) in [6.45, 7) is 0.879. The molecule has 1 unspecified atom stereocenters. The minimum absolute atomic E-state index is 0.0756. The standard InChI is InChI=1S/C36H50N8O10/c1-43-15-12-35-29-20-8-9-23(52-2)30(29)54-31(35)24(10-11-36(35,51)25(43)16-20)53-34(50)44-14-4-3-6-21(44)18-41-32(49)22(7-5-13-39-33(37)38)42-27(46)19-40-26(45)17-28(47)48/h8-10,21-22,25,31,51H,3-7,11-19H2,1-2H3,(H,40,45)(H,41,49)(H,42,46)(H,47,48)(H4,37,38,39)/t21-,22+,25-,31+,35+,36?/m1/s1. The molecule has 54 heavy (non-hydrogen) atoms. The number of aliphatic imine (C=N–C) groups is 1. The van der Waals surface area contributed by atoms with Gasteiger partial charge in [-0.25, -0.2) is 4.79 Å². The average Bonchev–Trinajstić information content (AvgIpc) is 3.49. The highest BCUT2D eigenvalue weighted by atomic mass is 16.6. The van der Waals surface area contributed by atoms with Crippen LogP contribution in [0.25, 0.3) is 0 Å². The lowest BCUT2D eigenvalue weighted by atomic mass is 9.50. The molecule has 4 amide bonds. The second-order valence-electron chi connectivity index (χ2n) is 14.7. The van der Waals surface area contributed by atoms with Crippen LogP contribution in [0.5, 0.6) is 11.5 Å². The third kappa shape index (κ3) is 7.23. The zero-order valence-corrected chi connectivity index (χ0v) is 30.6. The molecule has 2 fully saturated rings. The Bertz CT molecular complexity index is 1730. The molecular formula is C36H50N8O10. The highest BCUT2D eigenvalue weighted by Gasteiger charge is 2.72. The number of guanidine groups is 1. The summed E-state index contributed by atoms with van der Waals surface area (Å²) in [5.74, 6) is -2.05. The van der Waals surface area contributed by atoms with E-state index in [-0.39, 0.29) is 37.9 Å². The van der Waals surface area contributed by atoms with Gasteiger partial charge in [0, 0.05) is 37.7 Å². The number of nitrogens with two attached hydrogens (primary N) is 2. The van der Waals surface area contributed by atoms with Crippen molar-refractivity contribution in [3.8, 4) is 11.5 Å². The molecule has 294 valence electrons. The number of amides is 4. The lowest BCUT2D eigenvalue weighted by Gasteiger charge is -2.61. The van der Waals surface area contributed by atoms with Gasteiger partial charge in [0.05, 0.1) is 30.7 Å². The SMILES string of the molecule is COc1ccc2c3c1O[C@H]1C(OC(=O)N4CCCC[C@@H]4CNC(=O)[C@H](CCCN=C(N)N)NC(=O)CNC(=O)CC(=O)O)=CCC4(O)[C@@H](C2)N(C)CC[C@]314. The van der Waals surface area contributed by atoms with E-state index in [4.69, 9.17) is 30.8 Å². The summed E-state index contributed by atoms with van der Waals surface area (Å²) in [4.78, 5) is 70.3. The Hall–Kier alpha value is -5.10. The van der Waals surface area contributed by atoms with Crippen LogP contribution in [0.2, 0.25) is 0 Å². The fraction of sp³-hybridized carbons (Fsp3) is 0.611. The molecule has 6 rings (SSSR count). The molecule has 3 heterocycles. The number of aliphatic hydroxyl groups is 1. The summed E-state index contributed by atoms with van der Waals surface area (Å²) < 4.78 is 18.5. The third-order valence-electron chi connectivity index (χ3n) is 11.5. The molecule has 0 saturated carbocycles. The van der Waals surface area contributed by atoms with Crippen molar-refractivity contribution in [2.24, 2.45) is 16.5 Å². The van der Waals surface area contributed by atoms with Gasteiger partial charge in [0.1, 0.15) is 18.2 Å². The molecule has 18 nitrogen and oxygen atoms in total. The molecule has 0 radical (unpaired) electrons. The molecule has 1 aromatic carbocycles. The van der Waals surface area contributed by atoms with Gasteiger partial charge in [-0.1, -0.05) is 6.07 Å². The van der Waals surface area contributed by atoms with E-state index in [1.807, 2.05) is 19.2 Å². The molecule has 18 heteroatoms. The fourth-order valence-corrected chi connectivity index (χ4v) is 8.94. The number of carboxylic acid groups (broad SMARTS) is 1. The number of aliphatic carboxylic acids is 1. The van der Waals surface area contributed by atoms with Gasteiger partial charge >= 0.3 is 12.1 Å². The van der Waals surface area contributed by atoms with Gasteiger partial charge in [-0.2, -0.15) is 0 Å². The van der Waals surface area contributed by atoms with Crippen molar-refractivity contribution in [2.75, 3.05) is 46.9 Å². The predicted molar refractivity (Wildman–Crippen MR) is 192 cm³/mol. The van der Waals surface area contributed by atoms with Crippen molar-refractivity contribution >= 4 is 35.7 Å². The lowest BCUT2D eigenvalue weighted by molar-refractivity contribution is -0.163. The first-order valence-electron chi connectivity index (χ1n) is 18.4. The maximum atomic E-state index is 14.0. The molecule has 2 bridgehead atoms. The quantitative estimate of drug-likeness (QED) is 0.0533. The number of methoxy groups -OCH3 is 1. The minimum Gasteiger partial charge on any atom is -0.493 e. The van der Waals surface area contributed by atoms with Crippen molar-refractivity contribution in [1.29, 1.82) is 0 Å². The van der Waals surface area contributed by atoms with E-state index >= 15 is 0 Å². The van der Waals surface area contributed by atoms with Crippen LogP contribution in [0.4, 0.5) is 4.79 Å².